The van der Waals surface area contributed by atoms with Gasteiger partial charge in [0.05, 0.1) is 12.2 Å². The van der Waals surface area contributed by atoms with Crippen LogP contribution in [-0.2, 0) is 43.4 Å². The van der Waals surface area contributed by atoms with E-state index in [-0.39, 0.29) is 18.0 Å². The van der Waals surface area contributed by atoms with Crippen LogP contribution in [0.2, 0.25) is 0 Å². The average molecular weight is 738 g/mol. The Morgan fingerprint density at radius 2 is 1.51 bits per heavy atom. The monoisotopic (exact) mass is 737 g/mol. The van der Waals surface area contributed by atoms with Gasteiger partial charge in [0.2, 0.25) is 5.91 Å². The Kier molecular flexibility index (Phi) is 13.1. The van der Waals surface area contributed by atoms with Crippen molar-refractivity contribution in [2.45, 2.75) is 64.0 Å². The van der Waals surface area contributed by atoms with Crippen molar-refractivity contribution >= 4 is 29.6 Å². The van der Waals surface area contributed by atoms with Crippen molar-refractivity contribution in [2.75, 3.05) is 11.9 Å². The number of benzene rings is 3. The number of nitrogens with one attached hydrogen (secondary N) is 3. The third kappa shape index (κ3) is 11.5. The van der Waals surface area contributed by atoms with Gasteiger partial charge in [-0.15, -0.1) is 0 Å². The molecule has 280 valence electrons. The third-order valence-electron chi connectivity index (χ3n) is 7.41. The Labute approximate surface area is 302 Å². The number of amides is 3. The van der Waals surface area contributed by atoms with Gasteiger partial charge in [0.15, 0.2) is 0 Å². The number of halogens is 3. The molecule has 3 amide bonds. The van der Waals surface area contributed by atoms with Gasteiger partial charge < -0.3 is 25.2 Å². The summed E-state index contributed by atoms with van der Waals surface area (Å²) in [5, 5.41) is 17.2. The lowest BCUT2D eigenvalue weighted by Gasteiger charge is -2.30. The van der Waals surface area contributed by atoms with Crippen LogP contribution in [0.15, 0.2) is 95.9 Å². The molecule has 1 heterocycles. The van der Waals surface area contributed by atoms with Gasteiger partial charge in [-0.2, -0.15) is 8.78 Å². The number of esters is 1. The minimum absolute atomic E-state index is 0.126. The number of alkyl halides is 2. The summed E-state index contributed by atoms with van der Waals surface area (Å²) in [5.74, 6) is -9.36. The highest BCUT2D eigenvalue weighted by atomic mass is 19.3. The van der Waals surface area contributed by atoms with E-state index in [0.29, 0.717) is 11.1 Å². The highest BCUT2D eigenvalue weighted by Gasteiger charge is 2.50. The third-order valence-corrected chi connectivity index (χ3v) is 7.41. The highest BCUT2D eigenvalue weighted by Crippen LogP contribution is 2.24. The zero-order chi connectivity index (χ0) is 38.8. The number of aliphatic hydroxyl groups is 1. The van der Waals surface area contributed by atoms with Crippen molar-refractivity contribution in [2.24, 2.45) is 0 Å². The number of ether oxygens (including phenoxy) is 2. The number of nitrogens with zero attached hydrogens (tertiary/aromatic N) is 2. The summed E-state index contributed by atoms with van der Waals surface area (Å²) in [6.45, 7) is 2.70. The first-order chi connectivity index (χ1) is 25.0. The Balaban J connectivity index is 1.59. The maximum Gasteiger partial charge on any atom is 0.412 e. The van der Waals surface area contributed by atoms with Crippen LogP contribution >= 0.6 is 0 Å². The molecule has 1 aromatic heterocycles. The minimum Gasteiger partial charge on any atom is -0.459 e. The summed E-state index contributed by atoms with van der Waals surface area (Å²) in [7, 11) is 0. The quantitative estimate of drug-likeness (QED) is 0.139. The number of carbonyl (C=O) groups is 4. The normalized spacial score (nSPS) is 12.6. The number of aromatic nitrogens is 2. The van der Waals surface area contributed by atoms with Gasteiger partial charge in [-0.25, -0.2) is 14.2 Å². The molecule has 0 bridgehead atoms. The molecule has 13 nitrogen and oxygen atoms in total. The Morgan fingerprint density at radius 1 is 0.906 bits per heavy atom. The molecule has 4 N–H and O–H groups in total. The highest BCUT2D eigenvalue weighted by molar-refractivity contribution is 5.88. The maximum absolute atomic E-state index is 15.4. The molecule has 16 heteroatoms. The van der Waals surface area contributed by atoms with Crippen LogP contribution in [0.25, 0.3) is 11.4 Å². The first-order valence-corrected chi connectivity index (χ1v) is 16.3. The molecule has 4 aromatic rings. The van der Waals surface area contributed by atoms with Gasteiger partial charge in [0, 0.05) is 5.56 Å². The molecule has 4 rings (SSSR count). The van der Waals surface area contributed by atoms with Crippen LogP contribution in [0.1, 0.15) is 31.9 Å². The molecule has 0 saturated heterocycles. The van der Waals surface area contributed by atoms with E-state index >= 15 is 8.78 Å². The molecule has 2 unspecified atom stereocenters. The minimum atomic E-state index is -4.53. The molecule has 0 aliphatic rings. The smallest absolute Gasteiger partial charge is 0.412 e. The van der Waals surface area contributed by atoms with Gasteiger partial charge in [0.25, 0.3) is 11.5 Å². The molecule has 2 atom stereocenters. The Bertz CT molecular complexity index is 1950. The predicted octanol–water partition coefficient (Wildman–Crippen LogP) is 3.98. The van der Waals surface area contributed by atoms with E-state index in [1.807, 2.05) is 0 Å². The Morgan fingerprint density at radius 3 is 2.11 bits per heavy atom. The van der Waals surface area contributed by atoms with E-state index in [1.165, 1.54) is 12.1 Å². The zero-order valence-corrected chi connectivity index (χ0v) is 29.0. The lowest BCUT2D eigenvalue weighted by Crippen LogP contribution is -2.59. The van der Waals surface area contributed by atoms with E-state index in [0.717, 1.165) is 22.9 Å². The second-order valence-corrected chi connectivity index (χ2v) is 12.8. The second kappa shape index (κ2) is 17.5. The fourth-order valence-corrected chi connectivity index (χ4v) is 4.96. The summed E-state index contributed by atoms with van der Waals surface area (Å²) >= 11 is 0. The summed E-state index contributed by atoms with van der Waals surface area (Å²) in [6, 6.07) is 19.5. The molecular weight excluding hydrogens is 699 g/mol. The van der Waals surface area contributed by atoms with E-state index in [9.17, 15) is 33.5 Å². The van der Waals surface area contributed by atoms with Crippen LogP contribution in [0.5, 0.6) is 0 Å². The lowest BCUT2D eigenvalue weighted by molar-refractivity contribution is -0.170. The molecule has 0 aliphatic carbocycles. The van der Waals surface area contributed by atoms with Gasteiger partial charge in [-0.3, -0.25) is 29.1 Å². The molecule has 0 aliphatic heterocycles. The number of hydrogen-bond acceptors (Lipinski definition) is 9. The van der Waals surface area contributed by atoms with Gasteiger partial charge in [-0.05, 0) is 62.6 Å². The van der Waals surface area contributed by atoms with Crippen molar-refractivity contribution in [3.63, 3.8) is 0 Å². The van der Waals surface area contributed by atoms with Crippen molar-refractivity contribution in [3.8, 4) is 11.4 Å². The topological polar surface area (TPSA) is 178 Å². The largest absolute Gasteiger partial charge is 0.459 e. The summed E-state index contributed by atoms with van der Waals surface area (Å²) < 4.78 is 55.6. The van der Waals surface area contributed by atoms with Crippen LogP contribution in [0.4, 0.5) is 23.7 Å². The van der Waals surface area contributed by atoms with Crippen molar-refractivity contribution in [3.05, 3.63) is 118 Å². The fourth-order valence-electron chi connectivity index (χ4n) is 4.96. The number of carbonyl (C=O) groups excluding carboxylic acids is 4. The first kappa shape index (κ1) is 39.8. The van der Waals surface area contributed by atoms with E-state index in [4.69, 9.17) is 9.47 Å². The molecule has 3 aromatic carbocycles. The Hall–Kier alpha value is -6.03. The van der Waals surface area contributed by atoms with Crippen molar-refractivity contribution < 1.29 is 46.9 Å². The molecule has 0 saturated carbocycles. The van der Waals surface area contributed by atoms with Gasteiger partial charge >= 0.3 is 18.0 Å². The SMILES string of the molecule is CC(C)(C)OC(=O)CNC(=O)C(F)(F)C(O)C(Cc1ccccc1)NC(=O)Cn1c(-c2ccc(F)cc2)ncc(NC(=O)OCc2ccccc2)c1=O. The van der Waals surface area contributed by atoms with E-state index in [1.54, 1.807) is 86.8 Å². The van der Waals surface area contributed by atoms with Crippen molar-refractivity contribution in [1.29, 1.82) is 0 Å². The number of aliphatic hydroxyl groups excluding tert-OH is 1. The molecule has 0 fully saturated rings. The van der Waals surface area contributed by atoms with Crippen LogP contribution in [0, 0.1) is 5.82 Å². The van der Waals surface area contributed by atoms with Gasteiger partial charge in [0.1, 0.15) is 48.7 Å². The standard InChI is InChI=1S/C37H38F3N5O8/c1-36(2,3)53-30(47)20-42-34(50)37(39,40)31(48)27(18-23-10-6-4-7-11-23)43-29(46)21-45-32(25-14-16-26(38)17-15-25)41-19-28(33(45)49)44-35(51)52-22-24-12-8-5-9-13-24/h4-17,19,27,31,48H,18,20-22H2,1-3H3,(H,42,50)(H,43,46)(H,44,51). The summed E-state index contributed by atoms with van der Waals surface area (Å²) in [6.07, 6.45) is -3.23. The second-order valence-electron chi connectivity index (χ2n) is 12.8. The number of rotatable bonds is 14. The van der Waals surface area contributed by atoms with Crippen LogP contribution < -0.4 is 21.5 Å². The van der Waals surface area contributed by atoms with Crippen LogP contribution in [-0.4, -0.2) is 68.7 Å². The zero-order valence-electron chi connectivity index (χ0n) is 29.0. The maximum atomic E-state index is 15.4. The van der Waals surface area contributed by atoms with Crippen LogP contribution in [0.3, 0.4) is 0 Å². The molecular formula is C37H38F3N5O8. The predicted molar refractivity (Wildman–Crippen MR) is 186 cm³/mol. The van der Waals surface area contributed by atoms with Gasteiger partial charge in [-0.1, -0.05) is 60.7 Å². The molecule has 0 radical (unpaired) electrons. The van der Waals surface area contributed by atoms with E-state index < -0.39 is 84.1 Å². The number of hydrogen-bond donors (Lipinski definition) is 4. The first-order valence-electron chi connectivity index (χ1n) is 16.3. The molecule has 0 spiro atoms. The molecule has 53 heavy (non-hydrogen) atoms. The van der Waals surface area contributed by atoms with Crippen molar-refractivity contribution in [1.82, 2.24) is 20.2 Å². The number of anilines is 1. The fraction of sp³-hybridized carbons (Fsp3) is 0.297. The summed E-state index contributed by atoms with van der Waals surface area (Å²) in [5.41, 5.74) is -1.07. The summed E-state index contributed by atoms with van der Waals surface area (Å²) in [4.78, 5) is 68.6. The average Bonchev–Trinajstić information content (AvgIpc) is 3.11. The lowest BCUT2D eigenvalue weighted by atomic mass is 9.96. The van der Waals surface area contributed by atoms with E-state index in [2.05, 4.69) is 15.6 Å².